The lowest BCUT2D eigenvalue weighted by molar-refractivity contribution is 0.353. The van der Waals surface area contributed by atoms with Gasteiger partial charge in [0.25, 0.3) is 0 Å². The first kappa shape index (κ1) is 16.3. The van der Waals surface area contributed by atoms with Crippen LogP contribution in [0.3, 0.4) is 0 Å². The smallest absolute Gasteiger partial charge is 0.160 e. The monoisotopic (exact) mass is 294 g/mol. The van der Waals surface area contributed by atoms with Gasteiger partial charge in [0.2, 0.25) is 0 Å². The Morgan fingerprint density at radius 3 is 2.90 bits per heavy atom. The maximum atomic E-state index is 5.57. The molecular weight excluding hydrogens is 264 g/mol. The van der Waals surface area contributed by atoms with Crippen LogP contribution in [0, 0.1) is 0 Å². The van der Waals surface area contributed by atoms with E-state index >= 15 is 0 Å². The third-order valence-corrected chi connectivity index (χ3v) is 4.35. The highest BCUT2D eigenvalue weighted by Crippen LogP contribution is 2.39. The van der Waals surface area contributed by atoms with Gasteiger partial charge in [0.15, 0.2) is 5.75 Å². The number of nitrogens with zero attached hydrogens (tertiary/aromatic N) is 3. The molecule has 2 rings (SSSR count). The van der Waals surface area contributed by atoms with Crippen LogP contribution in [0.5, 0.6) is 5.75 Å². The second-order valence-electron chi connectivity index (χ2n) is 6.22. The quantitative estimate of drug-likeness (QED) is 0.797. The van der Waals surface area contributed by atoms with Crippen LogP contribution in [-0.4, -0.2) is 55.0 Å². The predicted molar refractivity (Wildman–Crippen MR) is 86.0 cm³/mol. The van der Waals surface area contributed by atoms with Crippen molar-refractivity contribution in [1.82, 2.24) is 20.0 Å². The minimum atomic E-state index is 0.524. The summed E-state index contributed by atoms with van der Waals surface area (Å²) < 4.78 is 7.72. The second-order valence-corrected chi connectivity index (χ2v) is 6.22. The van der Waals surface area contributed by atoms with E-state index in [0.717, 1.165) is 25.4 Å². The van der Waals surface area contributed by atoms with Gasteiger partial charge in [0, 0.05) is 18.5 Å². The van der Waals surface area contributed by atoms with E-state index in [4.69, 9.17) is 4.74 Å². The van der Waals surface area contributed by atoms with Gasteiger partial charge in [-0.15, -0.1) is 0 Å². The first-order valence-corrected chi connectivity index (χ1v) is 8.15. The van der Waals surface area contributed by atoms with E-state index in [9.17, 15) is 0 Å². The van der Waals surface area contributed by atoms with Gasteiger partial charge in [-0.2, -0.15) is 5.10 Å². The van der Waals surface area contributed by atoms with Crippen LogP contribution >= 0.6 is 0 Å². The Labute approximate surface area is 128 Å². The van der Waals surface area contributed by atoms with Crippen molar-refractivity contribution in [2.24, 2.45) is 0 Å². The summed E-state index contributed by atoms with van der Waals surface area (Å²) in [6.45, 7) is 5.23. The molecule has 1 aromatic rings. The van der Waals surface area contributed by atoms with Gasteiger partial charge < -0.3 is 15.0 Å². The van der Waals surface area contributed by atoms with Crippen LogP contribution < -0.4 is 10.1 Å². The maximum Gasteiger partial charge on any atom is 0.160 e. The SMILES string of the molecule is CCCNC1CCCC1c1c(OC)cnn1CCN(C)C. The molecule has 0 amide bonds. The Morgan fingerprint density at radius 2 is 2.24 bits per heavy atom. The van der Waals surface area contributed by atoms with Gasteiger partial charge >= 0.3 is 0 Å². The highest BCUT2D eigenvalue weighted by molar-refractivity contribution is 5.31. The summed E-state index contributed by atoms with van der Waals surface area (Å²) in [6.07, 6.45) is 6.83. The zero-order valence-corrected chi connectivity index (χ0v) is 13.9. The maximum absolute atomic E-state index is 5.57. The lowest BCUT2D eigenvalue weighted by Crippen LogP contribution is -2.33. The fraction of sp³-hybridized carbons (Fsp3) is 0.812. The normalized spacial score (nSPS) is 22.1. The molecule has 21 heavy (non-hydrogen) atoms. The zero-order chi connectivity index (χ0) is 15.2. The fourth-order valence-corrected chi connectivity index (χ4v) is 3.24. The highest BCUT2D eigenvalue weighted by Gasteiger charge is 2.33. The average molecular weight is 294 g/mol. The number of nitrogens with one attached hydrogen (secondary N) is 1. The van der Waals surface area contributed by atoms with Crippen LogP contribution in [-0.2, 0) is 6.54 Å². The topological polar surface area (TPSA) is 42.3 Å². The lowest BCUT2D eigenvalue weighted by Gasteiger charge is -2.23. The fourth-order valence-electron chi connectivity index (χ4n) is 3.24. The molecule has 120 valence electrons. The number of hydrogen-bond donors (Lipinski definition) is 1. The van der Waals surface area contributed by atoms with Gasteiger partial charge in [-0.25, -0.2) is 0 Å². The van der Waals surface area contributed by atoms with Gasteiger partial charge in [0.05, 0.1) is 25.5 Å². The van der Waals surface area contributed by atoms with Gasteiger partial charge in [0.1, 0.15) is 0 Å². The van der Waals surface area contributed by atoms with Crippen LogP contribution in [0.1, 0.15) is 44.2 Å². The molecule has 0 bridgehead atoms. The summed E-state index contributed by atoms with van der Waals surface area (Å²) in [5, 5.41) is 8.26. The number of hydrogen-bond acceptors (Lipinski definition) is 4. The molecule has 0 saturated heterocycles. The summed E-state index contributed by atoms with van der Waals surface area (Å²) in [6, 6.07) is 0.564. The van der Waals surface area contributed by atoms with Gasteiger partial charge in [-0.1, -0.05) is 13.3 Å². The third kappa shape index (κ3) is 3.98. The van der Waals surface area contributed by atoms with E-state index in [1.807, 2.05) is 6.20 Å². The van der Waals surface area contributed by atoms with Crippen molar-refractivity contribution in [3.8, 4) is 5.75 Å². The van der Waals surface area contributed by atoms with E-state index < -0.39 is 0 Å². The number of ether oxygens (including phenoxy) is 1. The minimum absolute atomic E-state index is 0.524. The van der Waals surface area contributed by atoms with Crippen molar-refractivity contribution < 1.29 is 4.74 Å². The molecule has 5 nitrogen and oxygen atoms in total. The molecule has 5 heteroatoms. The van der Waals surface area contributed by atoms with E-state index in [2.05, 4.69) is 41.0 Å². The molecular formula is C16H30N4O. The Hall–Kier alpha value is -1.07. The number of rotatable bonds is 8. The molecule has 1 heterocycles. The Balaban J connectivity index is 2.17. The lowest BCUT2D eigenvalue weighted by atomic mass is 9.98. The molecule has 1 N–H and O–H groups in total. The van der Waals surface area contributed by atoms with Crippen molar-refractivity contribution in [3.05, 3.63) is 11.9 Å². The van der Waals surface area contributed by atoms with Gasteiger partial charge in [-0.05, 0) is 39.9 Å². The van der Waals surface area contributed by atoms with E-state index in [0.29, 0.717) is 12.0 Å². The molecule has 1 aliphatic carbocycles. The van der Waals surface area contributed by atoms with E-state index in [1.54, 1.807) is 7.11 Å². The molecule has 1 fully saturated rings. The molecule has 1 aromatic heterocycles. The summed E-state index contributed by atoms with van der Waals surface area (Å²) >= 11 is 0. The van der Waals surface area contributed by atoms with Crippen molar-refractivity contribution in [2.45, 2.75) is 51.1 Å². The number of methoxy groups -OCH3 is 1. The first-order chi connectivity index (χ1) is 10.2. The largest absolute Gasteiger partial charge is 0.493 e. The molecule has 0 spiro atoms. The van der Waals surface area contributed by atoms with Crippen molar-refractivity contribution in [3.63, 3.8) is 0 Å². The summed E-state index contributed by atoms with van der Waals surface area (Å²) in [5.41, 5.74) is 1.28. The van der Waals surface area contributed by atoms with E-state index in [1.165, 1.54) is 31.4 Å². The Kier molecular flexibility index (Phi) is 6.06. The van der Waals surface area contributed by atoms with Crippen LogP contribution in [0.2, 0.25) is 0 Å². The van der Waals surface area contributed by atoms with Crippen LogP contribution in [0.15, 0.2) is 6.20 Å². The Bertz CT molecular complexity index is 430. The van der Waals surface area contributed by atoms with Crippen LogP contribution in [0.25, 0.3) is 0 Å². The molecule has 0 aromatic carbocycles. The summed E-state index contributed by atoms with van der Waals surface area (Å²) in [7, 11) is 5.95. The molecule has 1 aliphatic rings. The van der Waals surface area contributed by atoms with Crippen LogP contribution in [0.4, 0.5) is 0 Å². The molecule has 1 saturated carbocycles. The molecule has 2 atom stereocenters. The summed E-state index contributed by atoms with van der Waals surface area (Å²) in [5.74, 6) is 1.47. The first-order valence-electron chi connectivity index (χ1n) is 8.15. The standard InChI is InChI=1S/C16H30N4O/c1-5-9-17-14-8-6-7-13(14)16-15(21-4)12-18-20(16)11-10-19(2)3/h12-14,17H,5-11H2,1-4H3. The van der Waals surface area contributed by atoms with Gasteiger partial charge in [-0.3, -0.25) is 4.68 Å². The van der Waals surface area contributed by atoms with Crippen molar-refractivity contribution >= 4 is 0 Å². The zero-order valence-electron chi connectivity index (χ0n) is 13.9. The van der Waals surface area contributed by atoms with Crippen molar-refractivity contribution in [2.75, 3.05) is 34.3 Å². The third-order valence-electron chi connectivity index (χ3n) is 4.35. The summed E-state index contributed by atoms with van der Waals surface area (Å²) in [4.78, 5) is 2.19. The highest BCUT2D eigenvalue weighted by atomic mass is 16.5. The second kappa shape index (κ2) is 7.80. The average Bonchev–Trinajstić information content (AvgIpc) is 3.08. The Morgan fingerprint density at radius 1 is 1.43 bits per heavy atom. The van der Waals surface area contributed by atoms with E-state index in [-0.39, 0.29) is 0 Å². The predicted octanol–water partition coefficient (Wildman–Crippen LogP) is 2.09. The molecule has 2 unspecified atom stereocenters. The minimum Gasteiger partial charge on any atom is -0.493 e. The molecule has 0 aliphatic heterocycles. The van der Waals surface area contributed by atoms with Crippen molar-refractivity contribution in [1.29, 1.82) is 0 Å². The number of aromatic nitrogens is 2. The molecule has 0 radical (unpaired) electrons. The number of likely N-dealkylation sites (N-methyl/N-ethyl adjacent to an activating group) is 1.